The monoisotopic (exact) mass is 278 g/mol. The van der Waals surface area contributed by atoms with Crippen LogP contribution in [0.4, 0.5) is 0 Å². The summed E-state index contributed by atoms with van der Waals surface area (Å²) in [6, 6.07) is 3.96. The molecular weight excluding hydrogens is 248 g/mol. The molecule has 0 aromatic carbocycles. The molecule has 3 heteroatoms. The third-order valence-electron chi connectivity index (χ3n) is 3.41. The topological polar surface area (TPSA) is 34.1 Å². The molecule has 0 aliphatic rings. The highest BCUT2D eigenvalue weighted by molar-refractivity contribution is 5.26. The number of aromatic nitrogens is 1. The van der Waals surface area contributed by atoms with Gasteiger partial charge in [0.05, 0.1) is 12.8 Å². The minimum Gasteiger partial charge on any atom is -0.497 e. The van der Waals surface area contributed by atoms with Crippen LogP contribution in [-0.2, 0) is 6.54 Å². The molecule has 0 saturated carbocycles. The Hall–Kier alpha value is -1.09. The lowest BCUT2D eigenvalue weighted by atomic mass is 10.0. The summed E-state index contributed by atoms with van der Waals surface area (Å²) in [6.07, 6.45) is 6.66. The number of ether oxygens (including phenoxy) is 1. The molecule has 0 radical (unpaired) electrons. The molecule has 0 aliphatic carbocycles. The predicted octanol–water partition coefficient (Wildman–Crippen LogP) is 4.09. The number of aryl methyl sites for hydroxylation is 1. The van der Waals surface area contributed by atoms with Crippen LogP contribution in [0.2, 0.25) is 0 Å². The van der Waals surface area contributed by atoms with E-state index in [0.29, 0.717) is 0 Å². The molecule has 0 saturated heterocycles. The Morgan fingerprint density at radius 2 is 1.90 bits per heavy atom. The quantitative estimate of drug-likeness (QED) is 0.654. The summed E-state index contributed by atoms with van der Waals surface area (Å²) < 4.78 is 5.26. The van der Waals surface area contributed by atoms with E-state index in [1.54, 1.807) is 7.11 Å². The van der Waals surface area contributed by atoms with Gasteiger partial charge in [-0.15, -0.1) is 0 Å². The Morgan fingerprint density at radius 3 is 2.60 bits per heavy atom. The Kier molecular flexibility index (Phi) is 8.28. The fourth-order valence-electron chi connectivity index (χ4n) is 2.28. The molecule has 1 rings (SSSR count). The van der Waals surface area contributed by atoms with E-state index in [1.165, 1.54) is 32.1 Å². The van der Waals surface area contributed by atoms with E-state index < -0.39 is 0 Å². The zero-order valence-electron chi connectivity index (χ0n) is 13.5. The summed E-state index contributed by atoms with van der Waals surface area (Å²) in [5.41, 5.74) is 2.07. The highest BCUT2D eigenvalue weighted by Crippen LogP contribution is 2.13. The summed E-state index contributed by atoms with van der Waals surface area (Å²) in [4.78, 5) is 4.51. The Balaban J connectivity index is 2.11. The van der Waals surface area contributed by atoms with Crippen LogP contribution in [0.25, 0.3) is 0 Å². The third-order valence-corrected chi connectivity index (χ3v) is 3.41. The zero-order valence-corrected chi connectivity index (χ0v) is 13.5. The van der Waals surface area contributed by atoms with Crippen molar-refractivity contribution in [2.45, 2.75) is 59.4 Å². The molecule has 0 spiro atoms. The summed E-state index contributed by atoms with van der Waals surface area (Å²) in [6.45, 7) is 8.49. The standard InChI is InChI=1S/C17H30N2O/c1-14(2)9-7-5-6-8-10-18-13-16-12-17(20-4)11-15(3)19-16/h11-12,14,18H,5-10,13H2,1-4H3. The van der Waals surface area contributed by atoms with E-state index in [4.69, 9.17) is 4.74 Å². The molecule has 1 heterocycles. The fraction of sp³-hybridized carbons (Fsp3) is 0.706. The van der Waals surface area contributed by atoms with Crippen LogP contribution < -0.4 is 10.1 Å². The minimum atomic E-state index is 0.823. The van der Waals surface area contributed by atoms with Crippen LogP contribution in [0.1, 0.15) is 57.3 Å². The molecule has 20 heavy (non-hydrogen) atoms. The lowest BCUT2D eigenvalue weighted by molar-refractivity contribution is 0.412. The third kappa shape index (κ3) is 7.49. The van der Waals surface area contributed by atoms with Crippen molar-refractivity contribution >= 4 is 0 Å². The molecule has 1 aromatic heterocycles. The number of methoxy groups -OCH3 is 1. The molecule has 0 fully saturated rings. The van der Waals surface area contributed by atoms with Gasteiger partial charge in [-0.05, 0) is 25.8 Å². The van der Waals surface area contributed by atoms with Gasteiger partial charge in [0.25, 0.3) is 0 Å². The van der Waals surface area contributed by atoms with Gasteiger partial charge in [-0.25, -0.2) is 0 Å². The second-order valence-corrected chi connectivity index (χ2v) is 5.91. The zero-order chi connectivity index (χ0) is 14.8. The molecule has 0 bridgehead atoms. The van der Waals surface area contributed by atoms with Gasteiger partial charge in [-0.1, -0.05) is 39.5 Å². The van der Waals surface area contributed by atoms with Crippen LogP contribution in [0.5, 0.6) is 5.75 Å². The van der Waals surface area contributed by atoms with Crippen LogP contribution in [0, 0.1) is 12.8 Å². The summed E-state index contributed by atoms with van der Waals surface area (Å²) in [7, 11) is 1.70. The van der Waals surface area contributed by atoms with E-state index in [2.05, 4.69) is 24.1 Å². The second kappa shape index (κ2) is 9.76. The number of hydrogen-bond acceptors (Lipinski definition) is 3. The molecule has 0 atom stereocenters. The lowest BCUT2D eigenvalue weighted by Crippen LogP contribution is -2.15. The number of unbranched alkanes of at least 4 members (excludes halogenated alkanes) is 3. The van der Waals surface area contributed by atoms with Crippen molar-refractivity contribution < 1.29 is 4.74 Å². The van der Waals surface area contributed by atoms with Gasteiger partial charge in [0.15, 0.2) is 0 Å². The van der Waals surface area contributed by atoms with E-state index in [-0.39, 0.29) is 0 Å². The first kappa shape index (κ1) is 17.0. The number of rotatable bonds is 10. The van der Waals surface area contributed by atoms with Crippen molar-refractivity contribution in [3.8, 4) is 5.75 Å². The normalized spacial score (nSPS) is 11.1. The van der Waals surface area contributed by atoms with Crippen molar-refractivity contribution in [2.75, 3.05) is 13.7 Å². The molecule has 1 N–H and O–H groups in total. The maximum atomic E-state index is 5.26. The van der Waals surface area contributed by atoms with Gasteiger partial charge in [0.1, 0.15) is 5.75 Å². The average Bonchev–Trinajstić information content (AvgIpc) is 2.40. The Labute approximate surface area is 124 Å². The number of pyridine rings is 1. The van der Waals surface area contributed by atoms with Gasteiger partial charge < -0.3 is 10.1 Å². The highest BCUT2D eigenvalue weighted by Gasteiger charge is 2.00. The van der Waals surface area contributed by atoms with E-state index in [0.717, 1.165) is 36.1 Å². The molecular formula is C17H30N2O. The van der Waals surface area contributed by atoms with Gasteiger partial charge in [-0.2, -0.15) is 0 Å². The van der Waals surface area contributed by atoms with Gasteiger partial charge >= 0.3 is 0 Å². The lowest BCUT2D eigenvalue weighted by Gasteiger charge is -2.08. The summed E-state index contributed by atoms with van der Waals surface area (Å²) in [5, 5.41) is 3.46. The molecule has 3 nitrogen and oxygen atoms in total. The average molecular weight is 278 g/mol. The summed E-state index contributed by atoms with van der Waals surface area (Å²) >= 11 is 0. The van der Waals surface area contributed by atoms with Crippen molar-refractivity contribution in [1.82, 2.24) is 10.3 Å². The summed E-state index contributed by atoms with van der Waals surface area (Å²) in [5.74, 6) is 1.73. The number of nitrogens with one attached hydrogen (secondary N) is 1. The van der Waals surface area contributed by atoms with Crippen molar-refractivity contribution in [3.05, 3.63) is 23.5 Å². The highest BCUT2D eigenvalue weighted by atomic mass is 16.5. The van der Waals surface area contributed by atoms with Crippen LogP contribution in [0.3, 0.4) is 0 Å². The first-order valence-electron chi connectivity index (χ1n) is 7.84. The smallest absolute Gasteiger partial charge is 0.122 e. The van der Waals surface area contributed by atoms with E-state index in [1.807, 2.05) is 19.1 Å². The molecule has 114 valence electrons. The van der Waals surface area contributed by atoms with Crippen molar-refractivity contribution in [1.29, 1.82) is 0 Å². The van der Waals surface area contributed by atoms with Crippen molar-refractivity contribution in [2.24, 2.45) is 5.92 Å². The maximum absolute atomic E-state index is 5.26. The van der Waals surface area contributed by atoms with E-state index >= 15 is 0 Å². The Bertz CT molecular complexity index is 377. The molecule has 0 unspecified atom stereocenters. The predicted molar refractivity (Wildman–Crippen MR) is 85.2 cm³/mol. The molecule has 1 aromatic rings. The fourth-order valence-corrected chi connectivity index (χ4v) is 2.28. The van der Waals surface area contributed by atoms with Crippen LogP contribution in [0.15, 0.2) is 12.1 Å². The van der Waals surface area contributed by atoms with Crippen molar-refractivity contribution in [3.63, 3.8) is 0 Å². The Morgan fingerprint density at radius 1 is 1.15 bits per heavy atom. The number of nitrogens with zero attached hydrogens (tertiary/aromatic N) is 1. The molecule has 0 amide bonds. The number of hydrogen-bond donors (Lipinski definition) is 1. The first-order valence-corrected chi connectivity index (χ1v) is 7.84. The van der Waals surface area contributed by atoms with E-state index in [9.17, 15) is 0 Å². The van der Waals surface area contributed by atoms with Gasteiger partial charge in [0, 0.05) is 24.4 Å². The maximum Gasteiger partial charge on any atom is 0.122 e. The van der Waals surface area contributed by atoms with Crippen LogP contribution in [-0.4, -0.2) is 18.6 Å². The van der Waals surface area contributed by atoms with Gasteiger partial charge in [-0.3, -0.25) is 4.98 Å². The SMILES string of the molecule is COc1cc(C)nc(CNCCCCCCC(C)C)c1. The largest absolute Gasteiger partial charge is 0.497 e. The molecule has 0 aliphatic heterocycles. The van der Waals surface area contributed by atoms with Crippen LogP contribution >= 0.6 is 0 Å². The minimum absolute atomic E-state index is 0.823. The first-order chi connectivity index (χ1) is 9.61. The van der Waals surface area contributed by atoms with Gasteiger partial charge in [0.2, 0.25) is 0 Å². The second-order valence-electron chi connectivity index (χ2n) is 5.91.